The van der Waals surface area contributed by atoms with Crippen LogP contribution in [-0.2, 0) is 4.79 Å². The molecule has 0 aliphatic heterocycles. The van der Waals surface area contributed by atoms with Crippen molar-refractivity contribution < 1.29 is 14.7 Å². The minimum atomic E-state index is -0.562. The second-order valence-electron chi connectivity index (χ2n) is 4.36. The number of primary amides is 1. The van der Waals surface area contributed by atoms with Crippen LogP contribution in [0.2, 0.25) is 0 Å². The zero-order chi connectivity index (χ0) is 14.4. The molecule has 0 aromatic carbocycles. The molecule has 0 saturated carbocycles. The summed E-state index contributed by atoms with van der Waals surface area (Å²) >= 11 is 1.25. The van der Waals surface area contributed by atoms with Crippen LogP contribution in [0.1, 0.15) is 24.2 Å². The molecule has 6 nitrogen and oxygen atoms in total. The Labute approximate surface area is 116 Å². The largest absolute Gasteiger partial charge is 0.395 e. The highest BCUT2D eigenvalue weighted by Crippen LogP contribution is 2.22. The Morgan fingerprint density at radius 2 is 2.21 bits per heavy atom. The van der Waals surface area contributed by atoms with Gasteiger partial charge in [0.1, 0.15) is 5.00 Å². The lowest BCUT2D eigenvalue weighted by Gasteiger charge is -2.24. The number of amides is 2. The Balaban J connectivity index is 2.64. The quantitative estimate of drug-likeness (QED) is 0.679. The third kappa shape index (κ3) is 4.62. The number of aliphatic hydroxyl groups excluding tert-OH is 1. The molecule has 1 aromatic rings. The first-order valence-electron chi connectivity index (χ1n) is 5.97. The van der Waals surface area contributed by atoms with E-state index < -0.39 is 5.91 Å². The number of rotatable bonds is 7. The van der Waals surface area contributed by atoms with Crippen molar-refractivity contribution in [3.63, 3.8) is 0 Å². The van der Waals surface area contributed by atoms with E-state index in [1.165, 1.54) is 11.3 Å². The predicted molar refractivity (Wildman–Crippen MR) is 75.3 cm³/mol. The van der Waals surface area contributed by atoms with E-state index in [0.29, 0.717) is 17.1 Å². The first kappa shape index (κ1) is 15.6. The molecule has 0 aliphatic carbocycles. The van der Waals surface area contributed by atoms with E-state index in [4.69, 9.17) is 10.8 Å². The lowest BCUT2D eigenvalue weighted by atomic mass is 10.3. The predicted octanol–water partition coefficient (Wildman–Crippen LogP) is 0.488. The highest BCUT2D eigenvalue weighted by Gasteiger charge is 2.16. The monoisotopic (exact) mass is 285 g/mol. The Morgan fingerprint density at radius 3 is 2.74 bits per heavy atom. The summed E-state index contributed by atoms with van der Waals surface area (Å²) in [5, 5.41) is 13.8. The molecule has 4 N–H and O–H groups in total. The lowest BCUT2D eigenvalue weighted by molar-refractivity contribution is -0.117. The van der Waals surface area contributed by atoms with Crippen LogP contribution in [0.3, 0.4) is 0 Å². The topological polar surface area (TPSA) is 95.7 Å². The van der Waals surface area contributed by atoms with E-state index in [1.807, 2.05) is 18.7 Å². The molecule has 0 aliphatic rings. The molecule has 0 fully saturated rings. The van der Waals surface area contributed by atoms with Crippen molar-refractivity contribution in [2.24, 2.45) is 5.73 Å². The summed E-state index contributed by atoms with van der Waals surface area (Å²) in [4.78, 5) is 24.9. The standard InChI is InChI=1S/C12H19N3O3S/c1-8(2)15(4-5-16)7-10(17)14-12-9(11(13)18)3-6-19-12/h3,6,8,16H,4-5,7H2,1-2H3,(H2,13,18)(H,14,17). The van der Waals surface area contributed by atoms with Crippen LogP contribution >= 0.6 is 11.3 Å². The van der Waals surface area contributed by atoms with E-state index in [0.717, 1.165) is 0 Å². The van der Waals surface area contributed by atoms with Gasteiger partial charge in [-0.15, -0.1) is 11.3 Å². The molecule has 0 saturated heterocycles. The molecule has 0 radical (unpaired) electrons. The number of thiophene rings is 1. The maximum atomic E-state index is 11.9. The summed E-state index contributed by atoms with van der Waals surface area (Å²) in [6.07, 6.45) is 0. The van der Waals surface area contributed by atoms with Gasteiger partial charge >= 0.3 is 0 Å². The molecule has 0 spiro atoms. The van der Waals surface area contributed by atoms with Crippen LogP contribution in [0.15, 0.2) is 11.4 Å². The molecule has 106 valence electrons. The van der Waals surface area contributed by atoms with E-state index in [9.17, 15) is 9.59 Å². The molecule has 7 heteroatoms. The number of carbonyl (C=O) groups is 2. The van der Waals surface area contributed by atoms with Crippen LogP contribution in [-0.4, -0.2) is 47.6 Å². The number of nitrogens with one attached hydrogen (secondary N) is 1. The van der Waals surface area contributed by atoms with Crippen LogP contribution < -0.4 is 11.1 Å². The van der Waals surface area contributed by atoms with Crippen LogP contribution in [0.25, 0.3) is 0 Å². The van der Waals surface area contributed by atoms with Gasteiger partial charge in [-0.25, -0.2) is 0 Å². The molecule has 19 heavy (non-hydrogen) atoms. The van der Waals surface area contributed by atoms with Crippen molar-refractivity contribution >= 4 is 28.2 Å². The van der Waals surface area contributed by atoms with Gasteiger partial charge in [0.05, 0.1) is 18.7 Å². The van der Waals surface area contributed by atoms with Crippen molar-refractivity contribution in [2.75, 3.05) is 25.0 Å². The zero-order valence-corrected chi connectivity index (χ0v) is 11.9. The molecule has 1 aromatic heterocycles. The molecule has 0 atom stereocenters. The normalized spacial score (nSPS) is 11.0. The molecular formula is C12H19N3O3S. The van der Waals surface area contributed by atoms with Crippen LogP contribution in [0, 0.1) is 0 Å². The van der Waals surface area contributed by atoms with Gasteiger partial charge in [0, 0.05) is 12.6 Å². The van der Waals surface area contributed by atoms with Crippen molar-refractivity contribution in [2.45, 2.75) is 19.9 Å². The second-order valence-corrected chi connectivity index (χ2v) is 5.28. The van der Waals surface area contributed by atoms with Gasteiger partial charge in [0.2, 0.25) is 5.91 Å². The first-order chi connectivity index (χ1) is 8.95. The van der Waals surface area contributed by atoms with E-state index in [2.05, 4.69) is 5.32 Å². The fraction of sp³-hybridized carbons (Fsp3) is 0.500. The summed E-state index contributed by atoms with van der Waals surface area (Å²) in [5.41, 5.74) is 5.52. The fourth-order valence-electron chi connectivity index (χ4n) is 1.60. The minimum Gasteiger partial charge on any atom is -0.395 e. The van der Waals surface area contributed by atoms with Crippen molar-refractivity contribution in [3.8, 4) is 0 Å². The Kier molecular flexibility index (Phi) is 5.94. The number of carbonyl (C=O) groups excluding carboxylic acids is 2. The van der Waals surface area contributed by atoms with Gasteiger partial charge in [0.15, 0.2) is 0 Å². The smallest absolute Gasteiger partial charge is 0.251 e. The minimum absolute atomic E-state index is 0.00298. The number of aliphatic hydroxyl groups is 1. The van der Waals surface area contributed by atoms with Crippen molar-refractivity contribution in [1.82, 2.24) is 4.90 Å². The van der Waals surface area contributed by atoms with Gasteiger partial charge in [-0.3, -0.25) is 14.5 Å². The SMILES string of the molecule is CC(C)N(CCO)CC(=O)Nc1sccc1C(N)=O. The maximum absolute atomic E-state index is 11.9. The molecule has 2 amide bonds. The third-order valence-corrected chi connectivity index (χ3v) is 3.48. The number of nitrogens with zero attached hydrogens (tertiary/aromatic N) is 1. The summed E-state index contributed by atoms with van der Waals surface area (Å²) in [6.45, 7) is 4.48. The summed E-state index contributed by atoms with van der Waals surface area (Å²) in [6, 6.07) is 1.73. The van der Waals surface area contributed by atoms with Gasteiger partial charge in [-0.1, -0.05) is 0 Å². The van der Waals surface area contributed by atoms with Gasteiger partial charge in [0.25, 0.3) is 5.91 Å². The highest BCUT2D eigenvalue weighted by atomic mass is 32.1. The Bertz CT molecular complexity index is 445. The highest BCUT2D eigenvalue weighted by molar-refractivity contribution is 7.14. The Hall–Kier alpha value is -1.44. The molecule has 1 rings (SSSR count). The van der Waals surface area contributed by atoms with E-state index in [1.54, 1.807) is 11.4 Å². The first-order valence-corrected chi connectivity index (χ1v) is 6.85. The van der Waals surface area contributed by atoms with Gasteiger partial charge < -0.3 is 16.2 Å². The zero-order valence-electron chi connectivity index (χ0n) is 11.0. The summed E-state index contributed by atoms with van der Waals surface area (Å²) < 4.78 is 0. The van der Waals surface area contributed by atoms with Crippen LogP contribution in [0.5, 0.6) is 0 Å². The van der Waals surface area contributed by atoms with E-state index in [-0.39, 0.29) is 25.1 Å². The van der Waals surface area contributed by atoms with Crippen molar-refractivity contribution in [1.29, 1.82) is 0 Å². The molecule has 0 unspecified atom stereocenters. The number of hydrogen-bond acceptors (Lipinski definition) is 5. The second kappa shape index (κ2) is 7.22. The van der Waals surface area contributed by atoms with Crippen LogP contribution in [0.4, 0.5) is 5.00 Å². The molecular weight excluding hydrogens is 266 g/mol. The number of nitrogens with two attached hydrogens (primary N) is 1. The Morgan fingerprint density at radius 1 is 1.53 bits per heavy atom. The summed E-state index contributed by atoms with van der Waals surface area (Å²) in [5.74, 6) is -0.792. The van der Waals surface area contributed by atoms with Gasteiger partial charge in [-0.05, 0) is 25.3 Å². The number of hydrogen-bond donors (Lipinski definition) is 3. The molecule has 0 bridgehead atoms. The average molecular weight is 285 g/mol. The third-order valence-electron chi connectivity index (χ3n) is 2.65. The average Bonchev–Trinajstić information content (AvgIpc) is 2.76. The number of anilines is 1. The van der Waals surface area contributed by atoms with E-state index >= 15 is 0 Å². The fourth-order valence-corrected chi connectivity index (χ4v) is 2.41. The molecule has 1 heterocycles. The lowest BCUT2D eigenvalue weighted by Crippen LogP contribution is -2.39. The van der Waals surface area contributed by atoms with Crippen molar-refractivity contribution in [3.05, 3.63) is 17.0 Å². The van der Waals surface area contributed by atoms with Gasteiger partial charge in [-0.2, -0.15) is 0 Å². The summed E-state index contributed by atoms with van der Waals surface area (Å²) in [7, 11) is 0. The maximum Gasteiger partial charge on any atom is 0.251 e.